The number of benzene rings is 2. The number of carbonyl (C=O) groups is 1. The number of aromatic nitrogens is 2. The summed E-state index contributed by atoms with van der Waals surface area (Å²) in [6.45, 7) is 0. The molecular formula is C14H12N4O2. The highest BCUT2D eigenvalue weighted by Crippen LogP contribution is 2.25. The van der Waals surface area contributed by atoms with Crippen molar-refractivity contribution in [2.45, 2.75) is 0 Å². The van der Waals surface area contributed by atoms with Crippen molar-refractivity contribution in [1.29, 1.82) is 0 Å². The number of nitrogens with zero attached hydrogens (tertiary/aromatic N) is 1. The normalized spacial score (nSPS) is 10.6. The van der Waals surface area contributed by atoms with Gasteiger partial charge in [-0.25, -0.2) is 0 Å². The number of primary amides is 1. The van der Waals surface area contributed by atoms with Crippen LogP contribution in [0.25, 0.3) is 11.0 Å². The summed E-state index contributed by atoms with van der Waals surface area (Å²) in [7, 11) is 0. The van der Waals surface area contributed by atoms with E-state index in [4.69, 9.17) is 16.2 Å². The lowest BCUT2D eigenvalue weighted by molar-refractivity contribution is 0.0998. The summed E-state index contributed by atoms with van der Waals surface area (Å²) in [5.74, 6) is -0.201. The summed E-state index contributed by atoms with van der Waals surface area (Å²) in [5.41, 5.74) is 13.4. The Balaban J connectivity index is 1.99. The second-order valence-electron chi connectivity index (χ2n) is 4.28. The van der Waals surface area contributed by atoms with Gasteiger partial charge in [0.1, 0.15) is 5.75 Å². The molecule has 0 unspecified atom stereocenters. The number of aromatic amines is 1. The van der Waals surface area contributed by atoms with Crippen LogP contribution in [0, 0.1) is 0 Å². The first-order valence-electron chi connectivity index (χ1n) is 5.95. The lowest BCUT2D eigenvalue weighted by Crippen LogP contribution is -2.12. The standard InChI is InChI=1S/C14H12N4O2/c15-8-5-6-10-11(7-8)18-14(17-10)20-12-4-2-1-3-9(12)13(16)19/h1-7H,15H2,(H2,16,19)(H,17,18). The molecule has 0 atom stereocenters. The number of imidazole rings is 1. The molecule has 1 aromatic heterocycles. The molecule has 20 heavy (non-hydrogen) atoms. The van der Waals surface area contributed by atoms with E-state index in [2.05, 4.69) is 9.97 Å². The van der Waals surface area contributed by atoms with Gasteiger partial charge in [0, 0.05) is 5.69 Å². The van der Waals surface area contributed by atoms with Crippen molar-refractivity contribution in [2.75, 3.05) is 5.73 Å². The van der Waals surface area contributed by atoms with Crippen molar-refractivity contribution in [3.8, 4) is 11.8 Å². The molecule has 0 spiro atoms. The van der Waals surface area contributed by atoms with Crippen LogP contribution in [0.5, 0.6) is 11.8 Å². The summed E-state index contributed by atoms with van der Waals surface area (Å²) in [4.78, 5) is 18.6. The molecule has 2 aromatic carbocycles. The first-order valence-corrected chi connectivity index (χ1v) is 5.95. The molecule has 0 saturated heterocycles. The van der Waals surface area contributed by atoms with Crippen LogP contribution in [0.15, 0.2) is 42.5 Å². The lowest BCUT2D eigenvalue weighted by Gasteiger charge is -2.05. The Kier molecular flexibility index (Phi) is 2.76. The second kappa shape index (κ2) is 4.58. The molecule has 0 aliphatic rings. The largest absolute Gasteiger partial charge is 0.425 e. The Morgan fingerprint density at radius 2 is 2.00 bits per heavy atom. The quantitative estimate of drug-likeness (QED) is 0.632. The van der Waals surface area contributed by atoms with Gasteiger partial charge in [-0.1, -0.05) is 12.1 Å². The van der Waals surface area contributed by atoms with E-state index in [0.29, 0.717) is 17.0 Å². The number of nitrogens with two attached hydrogens (primary N) is 2. The second-order valence-corrected chi connectivity index (χ2v) is 4.28. The van der Waals surface area contributed by atoms with Gasteiger partial charge in [0.05, 0.1) is 16.6 Å². The number of nitrogen functional groups attached to an aromatic ring is 1. The Labute approximate surface area is 114 Å². The molecule has 100 valence electrons. The maximum atomic E-state index is 11.3. The third-order valence-electron chi connectivity index (χ3n) is 2.84. The van der Waals surface area contributed by atoms with E-state index < -0.39 is 5.91 Å². The number of amides is 1. The van der Waals surface area contributed by atoms with Crippen LogP contribution in [0.2, 0.25) is 0 Å². The molecule has 0 radical (unpaired) electrons. The summed E-state index contributed by atoms with van der Waals surface area (Å²) in [6.07, 6.45) is 0. The van der Waals surface area contributed by atoms with Crippen molar-refractivity contribution in [3.63, 3.8) is 0 Å². The van der Waals surface area contributed by atoms with E-state index in [1.54, 1.807) is 42.5 Å². The topological polar surface area (TPSA) is 107 Å². The van der Waals surface area contributed by atoms with E-state index in [1.807, 2.05) is 0 Å². The zero-order valence-electron chi connectivity index (χ0n) is 10.5. The average Bonchev–Trinajstić information content (AvgIpc) is 2.80. The summed E-state index contributed by atoms with van der Waals surface area (Å²) >= 11 is 0. The molecule has 0 bridgehead atoms. The number of rotatable bonds is 3. The molecule has 3 rings (SSSR count). The number of ether oxygens (including phenoxy) is 1. The molecule has 0 fully saturated rings. The maximum Gasteiger partial charge on any atom is 0.300 e. The van der Waals surface area contributed by atoms with Crippen LogP contribution >= 0.6 is 0 Å². The zero-order chi connectivity index (χ0) is 14.1. The lowest BCUT2D eigenvalue weighted by atomic mass is 10.2. The molecule has 5 N–H and O–H groups in total. The Morgan fingerprint density at radius 1 is 1.20 bits per heavy atom. The highest BCUT2D eigenvalue weighted by molar-refractivity contribution is 5.95. The third kappa shape index (κ3) is 2.14. The Bertz CT molecular complexity index is 795. The minimum Gasteiger partial charge on any atom is -0.425 e. The number of fused-ring (bicyclic) bond motifs is 1. The fourth-order valence-electron chi connectivity index (χ4n) is 1.92. The van der Waals surface area contributed by atoms with Gasteiger partial charge in [0.2, 0.25) is 0 Å². The zero-order valence-corrected chi connectivity index (χ0v) is 10.5. The number of carbonyl (C=O) groups excluding carboxylic acids is 1. The monoisotopic (exact) mass is 268 g/mol. The third-order valence-corrected chi connectivity index (χ3v) is 2.84. The molecule has 6 heteroatoms. The average molecular weight is 268 g/mol. The highest BCUT2D eigenvalue weighted by Gasteiger charge is 2.11. The smallest absolute Gasteiger partial charge is 0.300 e. The number of anilines is 1. The predicted octanol–water partition coefficient (Wildman–Crippen LogP) is 2.04. The predicted molar refractivity (Wildman–Crippen MR) is 75.5 cm³/mol. The molecule has 0 saturated carbocycles. The van der Waals surface area contributed by atoms with Gasteiger partial charge in [0.15, 0.2) is 0 Å². The number of H-pyrrole nitrogens is 1. The molecule has 1 heterocycles. The number of hydrogen-bond acceptors (Lipinski definition) is 4. The number of hydrogen-bond donors (Lipinski definition) is 3. The SMILES string of the molecule is NC(=O)c1ccccc1Oc1nc2ccc(N)cc2[nH]1. The summed E-state index contributed by atoms with van der Waals surface area (Å²) in [6, 6.07) is 12.3. The fraction of sp³-hybridized carbons (Fsp3) is 0. The first kappa shape index (κ1) is 12.0. The van der Waals surface area contributed by atoms with Gasteiger partial charge < -0.3 is 21.2 Å². The highest BCUT2D eigenvalue weighted by atomic mass is 16.5. The number of nitrogens with one attached hydrogen (secondary N) is 1. The van der Waals surface area contributed by atoms with Crippen LogP contribution in [0.3, 0.4) is 0 Å². The van der Waals surface area contributed by atoms with Gasteiger partial charge in [-0.2, -0.15) is 4.98 Å². The van der Waals surface area contributed by atoms with Gasteiger partial charge in [-0.05, 0) is 30.3 Å². The Morgan fingerprint density at radius 3 is 2.80 bits per heavy atom. The van der Waals surface area contributed by atoms with E-state index in [-0.39, 0.29) is 6.01 Å². The summed E-state index contributed by atoms with van der Waals surface area (Å²) in [5, 5.41) is 0. The van der Waals surface area contributed by atoms with Crippen molar-refractivity contribution >= 4 is 22.6 Å². The minimum absolute atomic E-state index is 0.277. The van der Waals surface area contributed by atoms with Crippen molar-refractivity contribution in [2.24, 2.45) is 5.73 Å². The van der Waals surface area contributed by atoms with Crippen molar-refractivity contribution < 1.29 is 9.53 Å². The van der Waals surface area contributed by atoms with Gasteiger partial charge >= 0.3 is 0 Å². The minimum atomic E-state index is -0.555. The van der Waals surface area contributed by atoms with E-state index in [1.165, 1.54) is 0 Å². The molecule has 0 aliphatic carbocycles. The maximum absolute atomic E-state index is 11.3. The molecule has 3 aromatic rings. The first-order chi connectivity index (χ1) is 9.63. The van der Waals surface area contributed by atoms with Gasteiger partial charge in [-0.3, -0.25) is 4.79 Å². The fourth-order valence-corrected chi connectivity index (χ4v) is 1.92. The van der Waals surface area contributed by atoms with Crippen LogP contribution in [-0.4, -0.2) is 15.9 Å². The van der Waals surface area contributed by atoms with Crippen molar-refractivity contribution in [3.05, 3.63) is 48.0 Å². The van der Waals surface area contributed by atoms with E-state index in [9.17, 15) is 4.79 Å². The van der Waals surface area contributed by atoms with E-state index in [0.717, 1.165) is 11.0 Å². The molecular weight excluding hydrogens is 256 g/mol. The van der Waals surface area contributed by atoms with Crippen LogP contribution in [0.4, 0.5) is 5.69 Å². The van der Waals surface area contributed by atoms with Gasteiger partial charge in [0.25, 0.3) is 11.9 Å². The van der Waals surface area contributed by atoms with Crippen LogP contribution < -0.4 is 16.2 Å². The molecule has 1 amide bonds. The number of para-hydroxylation sites is 1. The molecule has 0 aliphatic heterocycles. The summed E-state index contributed by atoms with van der Waals surface area (Å²) < 4.78 is 5.59. The van der Waals surface area contributed by atoms with Gasteiger partial charge in [-0.15, -0.1) is 0 Å². The van der Waals surface area contributed by atoms with E-state index >= 15 is 0 Å². The van der Waals surface area contributed by atoms with Crippen LogP contribution in [-0.2, 0) is 0 Å². The van der Waals surface area contributed by atoms with Crippen LogP contribution in [0.1, 0.15) is 10.4 Å². The Hall–Kier alpha value is -3.02. The molecule has 6 nitrogen and oxygen atoms in total. The van der Waals surface area contributed by atoms with Crippen molar-refractivity contribution in [1.82, 2.24) is 9.97 Å².